The van der Waals surface area contributed by atoms with Crippen molar-refractivity contribution < 1.29 is 43.0 Å². The van der Waals surface area contributed by atoms with Crippen molar-refractivity contribution in [1.29, 1.82) is 0 Å². The smallest absolute Gasteiger partial charge is 0.434 e. The lowest BCUT2D eigenvalue weighted by molar-refractivity contribution is -0.195. The van der Waals surface area contributed by atoms with Gasteiger partial charge >= 0.3 is 6.16 Å². The minimum atomic E-state index is -2.05. The second kappa shape index (κ2) is 20.1. The van der Waals surface area contributed by atoms with Crippen LogP contribution < -0.4 is 5.06 Å². The lowest BCUT2D eigenvalue weighted by atomic mass is 9.45. The van der Waals surface area contributed by atoms with Gasteiger partial charge in [-0.2, -0.15) is 0 Å². The molecule has 0 aromatic heterocycles. The van der Waals surface area contributed by atoms with Crippen molar-refractivity contribution in [1.82, 2.24) is 0 Å². The number of allylic oxidation sites excluding steroid dienone is 4. The number of halogens is 3. The quantitative estimate of drug-likeness (QED) is 0.162. The number of Topliss-reactive ketones (excluding diaryl/α,β-unsaturated/α-hetero) is 1. The van der Waals surface area contributed by atoms with Crippen LogP contribution in [-0.4, -0.2) is 65.7 Å². The van der Waals surface area contributed by atoms with Crippen LogP contribution in [0.3, 0.4) is 0 Å². The summed E-state index contributed by atoms with van der Waals surface area (Å²) in [6.07, 6.45) is 10.1. The minimum absolute atomic E-state index is 0.0386. The van der Waals surface area contributed by atoms with Gasteiger partial charge in [0.2, 0.25) is 0 Å². The van der Waals surface area contributed by atoms with E-state index >= 15 is 8.78 Å². The van der Waals surface area contributed by atoms with Crippen molar-refractivity contribution in [3.05, 3.63) is 53.1 Å². The van der Waals surface area contributed by atoms with Crippen LogP contribution in [0.25, 0.3) is 0 Å². The van der Waals surface area contributed by atoms with E-state index in [-0.39, 0.29) is 59.8 Å². The van der Waals surface area contributed by atoms with Gasteiger partial charge in [0.25, 0.3) is 0 Å². The summed E-state index contributed by atoms with van der Waals surface area (Å²) in [5.41, 5.74) is -2.98. The number of hydrogen-bond donors (Lipinski definition) is 2. The summed E-state index contributed by atoms with van der Waals surface area (Å²) in [5.74, 6) is -0.993. The lowest BCUT2D eigenvalue weighted by Crippen LogP contribution is -2.67. The number of alkyl halides is 2. The molecule has 1 aromatic rings. The summed E-state index contributed by atoms with van der Waals surface area (Å²) in [4.78, 5) is 32.9. The normalized spacial score (nSPS) is 31.0. The first-order valence-corrected chi connectivity index (χ1v) is 18.2. The molecule has 0 aliphatic heterocycles. The Kier molecular flexibility index (Phi) is 18.0. The van der Waals surface area contributed by atoms with Crippen LogP contribution in [0, 0.1) is 47.3 Å². The van der Waals surface area contributed by atoms with Gasteiger partial charge in [-0.25, -0.2) is 13.6 Å². The highest BCUT2D eigenvalue weighted by Crippen LogP contribution is 2.68. The van der Waals surface area contributed by atoms with Crippen LogP contribution in [0.1, 0.15) is 88.0 Å². The Morgan fingerprint density at radius 1 is 1.04 bits per heavy atom. The second-order valence-electron chi connectivity index (χ2n) is 13.9. The third-order valence-electron chi connectivity index (χ3n) is 9.96. The molecule has 4 aliphatic carbocycles. The Morgan fingerprint density at radius 3 is 2.18 bits per heavy atom. The molecule has 0 amide bonds. The molecule has 2 N–H and O–H groups in total. The highest BCUT2D eigenvalue weighted by atomic mass is 35.5. The molecule has 3 fully saturated rings. The summed E-state index contributed by atoms with van der Waals surface area (Å²) in [5, 5.41) is 23.6. The first-order valence-electron chi connectivity index (χ1n) is 17.8. The van der Waals surface area contributed by atoms with Crippen molar-refractivity contribution in [3.63, 3.8) is 0 Å². The molecule has 5 rings (SSSR count). The number of rotatable bonds is 7. The Bertz CT molecular complexity index is 1380. The van der Waals surface area contributed by atoms with Gasteiger partial charge in [-0.3, -0.25) is 19.9 Å². The van der Waals surface area contributed by atoms with E-state index in [2.05, 4.69) is 29.2 Å². The van der Waals surface area contributed by atoms with E-state index in [1.165, 1.54) is 30.2 Å². The Balaban J connectivity index is 0.000000612. The molecule has 11 heteroatoms. The van der Waals surface area contributed by atoms with Crippen LogP contribution >= 0.6 is 11.6 Å². The van der Waals surface area contributed by atoms with E-state index in [1.807, 2.05) is 41.5 Å². The number of ether oxygens (including phenoxy) is 2. The molecule has 0 spiro atoms. The maximum absolute atomic E-state index is 17.0. The number of benzene rings is 1. The maximum atomic E-state index is 17.0. The van der Waals surface area contributed by atoms with E-state index in [1.54, 1.807) is 31.2 Å². The number of aliphatic hydroxyl groups excluding tert-OH is 1. The summed E-state index contributed by atoms with van der Waals surface area (Å²) in [7, 11) is 0. The van der Waals surface area contributed by atoms with Crippen LogP contribution in [0.5, 0.6) is 0 Å². The number of nitrogens with zero attached hydrogens (tertiary/aromatic N) is 1. The Hall–Kier alpha value is -3.26. The highest BCUT2D eigenvalue weighted by Gasteiger charge is 2.71. The monoisotopic (exact) mass is 737 g/mol. The van der Waals surface area contributed by atoms with Crippen LogP contribution in [-0.2, 0) is 19.1 Å². The topological polar surface area (TPSA) is 113 Å². The molecule has 1 aromatic carbocycles. The largest absolute Gasteiger partial charge is 0.508 e. The third kappa shape index (κ3) is 10.6. The number of anilines is 1. The molecule has 1 unspecified atom stereocenters. The van der Waals surface area contributed by atoms with E-state index in [0.29, 0.717) is 30.3 Å². The number of carbonyl (C=O) groups is 3. The molecule has 3 saturated carbocycles. The van der Waals surface area contributed by atoms with Gasteiger partial charge in [-0.15, -0.1) is 12.8 Å². The molecule has 8 atom stereocenters. The number of carbonyl (C=O) groups excluding carboxylic acids is 3. The minimum Gasteiger partial charge on any atom is -0.434 e. The van der Waals surface area contributed by atoms with Gasteiger partial charge in [0.1, 0.15) is 6.17 Å². The Morgan fingerprint density at radius 2 is 1.63 bits per heavy atom. The van der Waals surface area contributed by atoms with E-state index in [9.17, 15) is 24.7 Å². The van der Waals surface area contributed by atoms with E-state index in [0.717, 1.165) is 6.42 Å². The van der Waals surface area contributed by atoms with Crippen molar-refractivity contribution in [2.45, 2.75) is 106 Å². The number of hydrogen-bond acceptors (Lipinski definition) is 8. The molecule has 0 heterocycles. The van der Waals surface area contributed by atoms with Crippen molar-refractivity contribution >= 4 is 35.0 Å². The third-order valence-corrected chi connectivity index (χ3v) is 10.2. The first kappa shape index (κ1) is 45.8. The van der Waals surface area contributed by atoms with Crippen LogP contribution in [0.4, 0.5) is 19.3 Å². The second-order valence-corrected chi connectivity index (χ2v) is 14.3. The molecule has 286 valence electrons. The fraction of sp³-hybridized carbons (Fsp3) is 0.625. The summed E-state index contributed by atoms with van der Waals surface area (Å²) in [6, 6.07) is 6.90. The van der Waals surface area contributed by atoms with Crippen molar-refractivity contribution in [2.24, 2.45) is 34.5 Å². The van der Waals surface area contributed by atoms with Crippen LogP contribution in [0.15, 0.2) is 48.1 Å². The van der Waals surface area contributed by atoms with Gasteiger partial charge in [0.05, 0.1) is 18.4 Å². The van der Waals surface area contributed by atoms with Crippen molar-refractivity contribution in [2.75, 3.05) is 24.8 Å². The zero-order chi connectivity index (χ0) is 39.3. The fourth-order valence-electron chi connectivity index (χ4n) is 7.97. The molecule has 51 heavy (non-hydrogen) atoms. The maximum Gasteiger partial charge on any atom is 0.508 e. The van der Waals surface area contributed by atoms with Crippen LogP contribution in [0.2, 0.25) is 5.02 Å². The molecule has 8 nitrogen and oxygen atoms in total. The van der Waals surface area contributed by atoms with Gasteiger partial charge < -0.3 is 14.6 Å². The van der Waals surface area contributed by atoms with Gasteiger partial charge in [0.15, 0.2) is 23.8 Å². The molecule has 0 radical (unpaired) electrons. The van der Waals surface area contributed by atoms with E-state index < -0.39 is 35.4 Å². The average molecular weight is 738 g/mol. The zero-order valence-electron chi connectivity index (χ0n) is 31.6. The summed E-state index contributed by atoms with van der Waals surface area (Å²) in [6.45, 7) is 17.3. The predicted octanol–water partition coefficient (Wildman–Crippen LogP) is 9.16. The molecular formula is C40H58ClF2NO7. The van der Waals surface area contributed by atoms with E-state index in [4.69, 9.17) is 11.6 Å². The fourth-order valence-corrected chi connectivity index (χ4v) is 8.10. The molecular weight excluding hydrogens is 680 g/mol. The summed E-state index contributed by atoms with van der Waals surface area (Å²) < 4.78 is 41.5. The standard InChI is InChI=1S/C26H30ClF2NO3.C8H14O4.2C2H6.C2H2/c1-24-12-15(14-30(33)17-5-3-16(27)4-6-17)9-19(24)20-11-22(28)21-10-18(31)7-8-25(21,2)26(20,29)23(32)13-24;1-6(2)4-11-8(10)12-5-7(3)9;3*1-2/h3-8,10,15,19-20,22-23,32-33H,9,11-14H2,1-2H3;6H,4-5H2,1-3H3;2*1-2H3;1-2H/t15-,19?,20+,22+,23+,24+,25+,26+;;;;/m1..../s1. The van der Waals surface area contributed by atoms with Gasteiger partial charge in [-0.1, -0.05) is 66.1 Å². The number of ketones is 2. The van der Waals surface area contributed by atoms with Gasteiger partial charge in [0, 0.05) is 22.9 Å². The SMILES string of the molecule is C#C.CC.CC.CC(=O)COC(=O)OCC(C)C.C[C@@]12C[C@H](CN(O)c3ccc(Cl)cc3)CC1[C@@H]1C[C@H](F)C3=CC(=O)C=C[C@]3(C)[C@@]1(F)[C@@H](O)C2. The number of hydroxylamine groups is 1. The predicted molar refractivity (Wildman–Crippen MR) is 198 cm³/mol. The average Bonchev–Trinajstić information content (AvgIpc) is 3.43. The van der Waals surface area contributed by atoms with Gasteiger partial charge in [-0.05, 0) is 105 Å². The molecule has 0 saturated heterocycles. The number of aliphatic hydroxyl groups is 1. The highest BCUT2D eigenvalue weighted by molar-refractivity contribution is 6.30. The van der Waals surface area contributed by atoms with Crippen molar-refractivity contribution in [3.8, 4) is 12.8 Å². The summed E-state index contributed by atoms with van der Waals surface area (Å²) >= 11 is 5.94. The zero-order valence-corrected chi connectivity index (χ0v) is 32.4. The molecule has 0 bridgehead atoms. The first-order chi connectivity index (χ1) is 24.0. The molecule has 4 aliphatic rings. The number of fused-ring (bicyclic) bond motifs is 5. The number of terminal acetylenes is 1. The lowest BCUT2D eigenvalue weighted by Gasteiger charge is -2.61. The Labute approximate surface area is 308 Å².